The highest BCUT2D eigenvalue weighted by molar-refractivity contribution is 7.89. The Kier molecular flexibility index (Phi) is 6.64. The van der Waals surface area contributed by atoms with Crippen molar-refractivity contribution in [3.05, 3.63) is 47.1 Å². The Balaban J connectivity index is 1.65. The third kappa shape index (κ3) is 4.82. The number of hydrogen-bond donors (Lipinski definition) is 1. The van der Waals surface area contributed by atoms with Crippen molar-refractivity contribution >= 4 is 32.3 Å². The quantitative estimate of drug-likeness (QED) is 0.777. The Labute approximate surface area is 173 Å². The van der Waals surface area contributed by atoms with Crippen LogP contribution in [-0.2, 0) is 14.8 Å². The summed E-state index contributed by atoms with van der Waals surface area (Å²) in [6.07, 6.45) is 0.570. The van der Waals surface area contributed by atoms with Crippen LogP contribution < -0.4 is 5.32 Å². The third-order valence-electron chi connectivity index (χ3n) is 4.89. The molecule has 1 fully saturated rings. The molecule has 0 spiro atoms. The molecule has 154 valence electrons. The van der Waals surface area contributed by atoms with E-state index in [0.29, 0.717) is 36.6 Å². The monoisotopic (exact) mass is 436 g/mol. The maximum atomic E-state index is 13.1. The number of thiophene rings is 1. The number of hydrogen-bond acceptors (Lipinski definition) is 6. The van der Waals surface area contributed by atoms with Crippen molar-refractivity contribution in [2.75, 3.05) is 31.5 Å². The van der Waals surface area contributed by atoms with Crippen LogP contribution in [-0.4, -0.2) is 55.8 Å². The number of halogens is 1. The first-order valence-corrected chi connectivity index (χ1v) is 11.4. The van der Waals surface area contributed by atoms with Crippen molar-refractivity contribution in [2.24, 2.45) is 0 Å². The van der Waals surface area contributed by atoms with Crippen LogP contribution in [0.5, 0.6) is 0 Å². The maximum Gasteiger partial charge on any atom is 0.243 e. The van der Waals surface area contributed by atoms with Crippen molar-refractivity contribution in [1.82, 2.24) is 9.21 Å². The van der Waals surface area contributed by atoms with E-state index in [4.69, 9.17) is 5.26 Å². The zero-order chi connectivity index (χ0) is 21.0. The molecule has 1 aliphatic rings. The topological polar surface area (TPSA) is 93.5 Å². The summed E-state index contributed by atoms with van der Waals surface area (Å²) in [6, 6.07) is 7.99. The van der Waals surface area contributed by atoms with E-state index < -0.39 is 21.9 Å². The van der Waals surface area contributed by atoms with E-state index in [0.717, 1.165) is 12.1 Å². The summed E-state index contributed by atoms with van der Waals surface area (Å²) in [6.45, 7) is 3.29. The fourth-order valence-electron chi connectivity index (χ4n) is 3.17. The molecule has 1 amide bonds. The van der Waals surface area contributed by atoms with Gasteiger partial charge in [-0.05, 0) is 49.1 Å². The van der Waals surface area contributed by atoms with Gasteiger partial charge in [0.05, 0.1) is 16.5 Å². The third-order valence-corrected chi connectivity index (χ3v) is 7.63. The normalized spacial score (nSPS) is 17.3. The van der Waals surface area contributed by atoms with Crippen LogP contribution in [0.2, 0.25) is 0 Å². The number of nitrogens with one attached hydrogen (secondary N) is 1. The molecule has 1 saturated heterocycles. The molecular weight excluding hydrogens is 415 g/mol. The molecule has 3 rings (SSSR count). The second-order valence-corrected chi connectivity index (χ2v) is 9.54. The first-order valence-electron chi connectivity index (χ1n) is 9.11. The van der Waals surface area contributed by atoms with E-state index in [1.165, 1.54) is 27.8 Å². The fourth-order valence-corrected chi connectivity index (χ4v) is 5.38. The minimum absolute atomic E-state index is 0.0554. The van der Waals surface area contributed by atoms with E-state index in [-0.39, 0.29) is 17.3 Å². The van der Waals surface area contributed by atoms with Crippen LogP contribution in [0.25, 0.3) is 0 Å². The molecule has 2 heterocycles. The van der Waals surface area contributed by atoms with Crippen molar-refractivity contribution in [3.8, 4) is 6.07 Å². The molecule has 29 heavy (non-hydrogen) atoms. The van der Waals surface area contributed by atoms with Gasteiger partial charge in [0.2, 0.25) is 15.9 Å². The fraction of sp³-hybridized carbons (Fsp3) is 0.368. The van der Waals surface area contributed by atoms with Crippen LogP contribution in [0, 0.1) is 17.1 Å². The van der Waals surface area contributed by atoms with Crippen LogP contribution in [0.1, 0.15) is 18.9 Å². The number of nitrogens with zero attached hydrogens (tertiary/aromatic N) is 3. The number of sulfonamides is 1. The van der Waals surface area contributed by atoms with E-state index in [1.807, 2.05) is 11.0 Å². The summed E-state index contributed by atoms with van der Waals surface area (Å²) >= 11 is 1.29. The second-order valence-electron chi connectivity index (χ2n) is 6.69. The van der Waals surface area contributed by atoms with Gasteiger partial charge in [-0.1, -0.05) is 0 Å². The molecule has 0 bridgehead atoms. The second kappa shape index (κ2) is 9.00. The molecule has 1 atom stereocenters. The molecule has 7 nitrogen and oxygen atoms in total. The molecule has 2 aromatic rings. The molecule has 1 aromatic heterocycles. The number of benzene rings is 1. The highest BCUT2D eigenvalue weighted by atomic mass is 32.2. The molecule has 10 heteroatoms. The highest BCUT2D eigenvalue weighted by Crippen LogP contribution is 2.23. The van der Waals surface area contributed by atoms with Gasteiger partial charge in [0.1, 0.15) is 16.9 Å². The van der Waals surface area contributed by atoms with Crippen LogP contribution in [0.15, 0.2) is 40.6 Å². The van der Waals surface area contributed by atoms with E-state index in [1.54, 1.807) is 18.4 Å². The number of carbonyl (C=O) groups excluding carboxylic acids is 1. The van der Waals surface area contributed by atoms with Gasteiger partial charge in [0.25, 0.3) is 0 Å². The lowest BCUT2D eigenvalue weighted by atomic mass is 10.2. The standard InChI is InChI=1S/C19H21FN4O3S2/c1-14(18(25)22-19-15(13-21)7-12-28-19)23-8-2-9-24(11-10-23)29(26,27)17-5-3-16(20)4-6-17/h3-7,12,14H,2,8-11H2,1H3,(H,22,25)/t14-/m0/s1. The lowest BCUT2D eigenvalue weighted by Gasteiger charge is -2.26. The summed E-state index contributed by atoms with van der Waals surface area (Å²) in [5, 5.41) is 14.1. The number of amides is 1. The Bertz CT molecular complexity index is 1010. The first-order chi connectivity index (χ1) is 13.8. The van der Waals surface area contributed by atoms with Gasteiger partial charge >= 0.3 is 0 Å². The number of rotatable bonds is 5. The van der Waals surface area contributed by atoms with E-state index in [9.17, 15) is 17.6 Å². The summed E-state index contributed by atoms with van der Waals surface area (Å²) in [5.74, 6) is -0.727. The van der Waals surface area contributed by atoms with Crippen LogP contribution in [0.4, 0.5) is 9.39 Å². The Morgan fingerprint density at radius 3 is 2.62 bits per heavy atom. The summed E-state index contributed by atoms with van der Waals surface area (Å²) < 4.78 is 40.1. The van der Waals surface area contributed by atoms with Gasteiger partial charge in [-0.15, -0.1) is 11.3 Å². The Morgan fingerprint density at radius 1 is 1.21 bits per heavy atom. The Morgan fingerprint density at radius 2 is 1.93 bits per heavy atom. The van der Waals surface area contributed by atoms with E-state index >= 15 is 0 Å². The van der Waals surface area contributed by atoms with Crippen molar-refractivity contribution in [2.45, 2.75) is 24.3 Å². The smallest absolute Gasteiger partial charge is 0.243 e. The summed E-state index contributed by atoms with van der Waals surface area (Å²) in [7, 11) is -3.72. The average Bonchev–Trinajstić information content (AvgIpc) is 2.99. The van der Waals surface area contributed by atoms with Gasteiger partial charge in [-0.25, -0.2) is 12.8 Å². The highest BCUT2D eigenvalue weighted by Gasteiger charge is 2.30. The lowest BCUT2D eigenvalue weighted by molar-refractivity contribution is -0.120. The van der Waals surface area contributed by atoms with Gasteiger partial charge in [0, 0.05) is 26.2 Å². The molecule has 0 radical (unpaired) electrons. The molecular formula is C19H21FN4O3S2. The predicted octanol–water partition coefficient (Wildman–Crippen LogP) is 2.48. The van der Waals surface area contributed by atoms with Gasteiger partial charge in [-0.2, -0.15) is 9.57 Å². The predicted molar refractivity (Wildman–Crippen MR) is 108 cm³/mol. The molecule has 0 saturated carbocycles. The lowest BCUT2D eigenvalue weighted by Crippen LogP contribution is -2.44. The minimum atomic E-state index is -3.72. The van der Waals surface area contributed by atoms with Gasteiger partial charge < -0.3 is 5.32 Å². The van der Waals surface area contributed by atoms with Crippen molar-refractivity contribution in [1.29, 1.82) is 5.26 Å². The largest absolute Gasteiger partial charge is 0.315 e. The zero-order valence-electron chi connectivity index (χ0n) is 15.8. The average molecular weight is 437 g/mol. The summed E-state index contributed by atoms with van der Waals surface area (Å²) in [5.41, 5.74) is 0.419. The Hall–Kier alpha value is -2.32. The van der Waals surface area contributed by atoms with Gasteiger partial charge in [0.15, 0.2) is 0 Å². The zero-order valence-corrected chi connectivity index (χ0v) is 17.5. The van der Waals surface area contributed by atoms with Crippen LogP contribution >= 0.6 is 11.3 Å². The molecule has 0 aliphatic carbocycles. The number of nitriles is 1. The number of anilines is 1. The minimum Gasteiger partial charge on any atom is -0.315 e. The molecule has 1 aromatic carbocycles. The van der Waals surface area contributed by atoms with Gasteiger partial charge in [-0.3, -0.25) is 9.69 Å². The van der Waals surface area contributed by atoms with Crippen LogP contribution in [0.3, 0.4) is 0 Å². The van der Waals surface area contributed by atoms with E-state index in [2.05, 4.69) is 5.32 Å². The first kappa shape index (κ1) is 21.4. The number of carbonyl (C=O) groups is 1. The summed E-state index contributed by atoms with van der Waals surface area (Å²) in [4.78, 5) is 14.6. The molecule has 1 N–H and O–H groups in total. The molecule has 0 unspecified atom stereocenters. The SMILES string of the molecule is C[C@@H](C(=O)Nc1sccc1C#N)N1CCCN(S(=O)(=O)c2ccc(F)cc2)CC1. The molecule has 1 aliphatic heterocycles. The van der Waals surface area contributed by atoms with Crippen molar-refractivity contribution < 1.29 is 17.6 Å². The maximum absolute atomic E-state index is 13.1. The van der Waals surface area contributed by atoms with Crippen molar-refractivity contribution in [3.63, 3.8) is 0 Å².